The lowest BCUT2D eigenvalue weighted by Crippen LogP contribution is -2.32. The first kappa shape index (κ1) is 14.9. The molecule has 1 unspecified atom stereocenters. The molecule has 1 nitrogen and oxygen atoms in total. The first-order chi connectivity index (χ1) is 9.59. The molecule has 2 aromatic carbocycles. The van der Waals surface area contributed by atoms with Crippen LogP contribution in [0.3, 0.4) is 0 Å². The van der Waals surface area contributed by atoms with E-state index in [0.29, 0.717) is 6.54 Å². The summed E-state index contributed by atoms with van der Waals surface area (Å²) < 4.78 is 27.8. The van der Waals surface area contributed by atoms with E-state index < -0.39 is 12.5 Å². The molecule has 0 aromatic heterocycles. The van der Waals surface area contributed by atoms with Gasteiger partial charge in [0.05, 0.1) is 11.9 Å². The Kier molecular flexibility index (Phi) is 5.10. The van der Waals surface area contributed by atoms with Gasteiger partial charge in [-0.1, -0.05) is 60.7 Å². The second-order valence-corrected chi connectivity index (χ2v) is 5.11. The average Bonchev–Trinajstić information content (AvgIpc) is 2.49. The van der Waals surface area contributed by atoms with Crippen molar-refractivity contribution in [2.24, 2.45) is 0 Å². The Bertz CT molecular complexity index is 517. The maximum absolute atomic E-state index is 13.9. The van der Waals surface area contributed by atoms with Gasteiger partial charge in [-0.05, 0) is 5.56 Å². The van der Waals surface area contributed by atoms with Gasteiger partial charge in [-0.2, -0.15) is 8.78 Å². The topological polar surface area (TPSA) is 12.0 Å². The fourth-order valence-electron chi connectivity index (χ4n) is 1.92. The molecule has 0 saturated carbocycles. The summed E-state index contributed by atoms with van der Waals surface area (Å²) in [4.78, 5) is 0. The molecule has 0 saturated heterocycles. The van der Waals surface area contributed by atoms with Gasteiger partial charge in [-0.25, -0.2) is 0 Å². The third-order valence-corrected chi connectivity index (χ3v) is 3.43. The van der Waals surface area contributed by atoms with E-state index in [-0.39, 0.29) is 10.9 Å². The standard InChI is InChI=1S/C16H16ClF2N/c17-15(13-7-3-1-4-8-13)11-20-12-16(18,19)14-9-5-2-6-10-14/h1-10,15,20H,11-12H2. The second kappa shape index (κ2) is 6.82. The zero-order valence-electron chi connectivity index (χ0n) is 10.9. The van der Waals surface area contributed by atoms with Gasteiger partial charge in [0.2, 0.25) is 0 Å². The monoisotopic (exact) mass is 295 g/mol. The van der Waals surface area contributed by atoms with Crippen molar-refractivity contribution in [3.63, 3.8) is 0 Å². The summed E-state index contributed by atoms with van der Waals surface area (Å²) in [5.41, 5.74) is 0.933. The van der Waals surface area contributed by atoms with Crippen LogP contribution in [0.25, 0.3) is 0 Å². The number of benzene rings is 2. The van der Waals surface area contributed by atoms with Crippen molar-refractivity contribution in [1.82, 2.24) is 5.32 Å². The van der Waals surface area contributed by atoms with Crippen LogP contribution in [-0.4, -0.2) is 13.1 Å². The lowest BCUT2D eigenvalue weighted by atomic mass is 10.1. The Morgan fingerprint density at radius 2 is 1.50 bits per heavy atom. The van der Waals surface area contributed by atoms with E-state index in [2.05, 4.69) is 5.32 Å². The summed E-state index contributed by atoms with van der Waals surface area (Å²) in [6.07, 6.45) is 0. The minimum Gasteiger partial charge on any atom is -0.309 e. The summed E-state index contributed by atoms with van der Waals surface area (Å²) in [5, 5.41) is 2.42. The van der Waals surface area contributed by atoms with E-state index in [0.717, 1.165) is 5.56 Å². The molecule has 0 aliphatic heterocycles. The third-order valence-electron chi connectivity index (χ3n) is 3.03. The zero-order valence-corrected chi connectivity index (χ0v) is 11.7. The molecule has 20 heavy (non-hydrogen) atoms. The molecule has 0 aliphatic rings. The molecule has 0 aliphatic carbocycles. The summed E-state index contributed by atoms with van der Waals surface area (Å²) in [7, 11) is 0. The summed E-state index contributed by atoms with van der Waals surface area (Å²) >= 11 is 6.17. The Balaban J connectivity index is 1.87. The van der Waals surface area contributed by atoms with Crippen molar-refractivity contribution in [3.05, 3.63) is 71.8 Å². The zero-order chi connectivity index (χ0) is 14.4. The number of hydrogen-bond donors (Lipinski definition) is 1. The number of rotatable bonds is 6. The van der Waals surface area contributed by atoms with E-state index in [4.69, 9.17) is 11.6 Å². The summed E-state index contributed by atoms with van der Waals surface area (Å²) in [6.45, 7) is -0.124. The van der Waals surface area contributed by atoms with Gasteiger partial charge in [0, 0.05) is 12.1 Å². The largest absolute Gasteiger partial charge is 0.309 e. The number of hydrogen-bond acceptors (Lipinski definition) is 1. The molecule has 1 atom stereocenters. The molecule has 2 aromatic rings. The van der Waals surface area contributed by atoms with Crippen molar-refractivity contribution in [3.8, 4) is 0 Å². The van der Waals surface area contributed by atoms with Gasteiger partial charge >= 0.3 is 0 Å². The maximum Gasteiger partial charge on any atom is 0.285 e. The molecule has 0 amide bonds. The number of alkyl halides is 3. The predicted octanol–water partition coefficient (Wildman–Crippen LogP) is 4.35. The van der Waals surface area contributed by atoms with Crippen molar-refractivity contribution < 1.29 is 8.78 Å². The van der Waals surface area contributed by atoms with Crippen molar-refractivity contribution >= 4 is 11.6 Å². The lowest BCUT2D eigenvalue weighted by Gasteiger charge is -2.18. The van der Waals surface area contributed by atoms with Crippen LogP contribution in [-0.2, 0) is 5.92 Å². The van der Waals surface area contributed by atoms with Gasteiger partial charge < -0.3 is 5.32 Å². The maximum atomic E-state index is 13.9. The van der Waals surface area contributed by atoms with Gasteiger partial charge in [0.25, 0.3) is 5.92 Å². The van der Waals surface area contributed by atoms with Crippen molar-refractivity contribution in [1.29, 1.82) is 0 Å². The fourth-order valence-corrected chi connectivity index (χ4v) is 2.17. The smallest absolute Gasteiger partial charge is 0.285 e. The Labute approximate surface area is 122 Å². The molecular formula is C16H16ClF2N. The predicted molar refractivity (Wildman–Crippen MR) is 78.2 cm³/mol. The van der Waals surface area contributed by atoms with Crippen molar-refractivity contribution in [2.45, 2.75) is 11.3 Å². The molecule has 0 heterocycles. The van der Waals surface area contributed by atoms with Crippen molar-refractivity contribution in [2.75, 3.05) is 13.1 Å². The van der Waals surface area contributed by atoms with Crippen LogP contribution >= 0.6 is 11.6 Å². The van der Waals surface area contributed by atoms with Crippen LogP contribution in [0.1, 0.15) is 16.5 Å². The highest BCUT2D eigenvalue weighted by molar-refractivity contribution is 6.21. The third kappa shape index (κ3) is 4.02. The second-order valence-electron chi connectivity index (χ2n) is 4.58. The summed E-state index contributed by atoms with van der Waals surface area (Å²) in [5.74, 6) is -2.89. The lowest BCUT2D eigenvalue weighted by molar-refractivity contribution is -0.00292. The molecule has 1 N–H and O–H groups in total. The Morgan fingerprint density at radius 1 is 0.950 bits per heavy atom. The Morgan fingerprint density at radius 3 is 2.10 bits per heavy atom. The fraction of sp³-hybridized carbons (Fsp3) is 0.250. The van der Waals surface area contributed by atoms with Gasteiger partial charge in [-0.3, -0.25) is 0 Å². The van der Waals surface area contributed by atoms with Crippen LogP contribution in [0.5, 0.6) is 0 Å². The highest BCUT2D eigenvalue weighted by Gasteiger charge is 2.30. The molecule has 0 bridgehead atoms. The molecule has 0 fully saturated rings. The van der Waals surface area contributed by atoms with Gasteiger partial charge in [0.1, 0.15) is 0 Å². The van der Waals surface area contributed by atoms with Crippen LogP contribution in [0.15, 0.2) is 60.7 Å². The summed E-state index contributed by atoms with van der Waals surface area (Å²) in [6, 6.07) is 17.2. The SMILES string of the molecule is FC(F)(CNCC(Cl)c1ccccc1)c1ccccc1. The van der Waals surface area contributed by atoms with Crippen LogP contribution < -0.4 is 5.32 Å². The van der Waals surface area contributed by atoms with Crippen LogP contribution in [0, 0.1) is 0 Å². The number of halogens is 3. The van der Waals surface area contributed by atoms with E-state index in [1.54, 1.807) is 18.2 Å². The highest BCUT2D eigenvalue weighted by Crippen LogP contribution is 2.27. The molecular weight excluding hydrogens is 280 g/mol. The van der Waals surface area contributed by atoms with Crippen LogP contribution in [0.2, 0.25) is 0 Å². The molecule has 2 rings (SSSR count). The van der Waals surface area contributed by atoms with E-state index in [9.17, 15) is 8.78 Å². The first-order valence-electron chi connectivity index (χ1n) is 6.43. The minimum absolute atomic E-state index is 0.0123. The van der Waals surface area contributed by atoms with Gasteiger partial charge in [-0.15, -0.1) is 11.6 Å². The van der Waals surface area contributed by atoms with Gasteiger partial charge in [0.15, 0.2) is 0 Å². The average molecular weight is 296 g/mol. The molecule has 4 heteroatoms. The highest BCUT2D eigenvalue weighted by atomic mass is 35.5. The van der Waals surface area contributed by atoms with E-state index in [1.165, 1.54) is 12.1 Å². The molecule has 0 radical (unpaired) electrons. The van der Waals surface area contributed by atoms with E-state index in [1.807, 2.05) is 30.3 Å². The normalized spacial score (nSPS) is 13.2. The van der Waals surface area contributed by atoms with E-state index >= 15 is 0 Å². The Hall–Kier alpha value is -1.45. The molecule has 0 spiro atoms. The van der Waals surface area contributed by atoms with Crippen LogP contribution in [0.4, 0.5) is 8.78 Å². The number of nitrogens with one attached hydrogen (secondary N) is 1. The minimum atomic E-state index is -2.89. The quantitative estimate of drug-likeness (QED) is 0.781. The molecule has 106 valence electrons. The first-order valence-corrected chi connectivity index (χ1v) is 6.86.